The van der Waals surface area contributed by atoms with E-state index >= 15 is 0 Å². The van der Waals surface area contributed by atoms with Gasteiger partial charge in [-0.3, -0.25) is 0 Å². The second-order valence-corrected chi connectivity index (χ2v) is 3.43. The molecule has 0 aromatic carbocycles. The molecule has 1 unspecified atom stereocenters. The number of rotatable bonds is 5. The molecule has 0 heterocycles. The highest BCUT2D eigenvalue weighted by Crippen LogP contribution is 2.23. The maximum atomic E-state index is 13.0. The predicted molar refractivity (Wildman–Crippen MR) is 52.9 cm³/mol. The average molecular weight is 191 g/mol. The summed E-state index contributed by atoms with van der Waals surface area (Å²) in [4.78, 5) is 0. The van der Waals surface area contributed by atoms with Gasteiger partial charge in [0.1, 0.15) is 5.83 Å². The second-order valence-electron chi connectivity index (χ2n) is 2.98. The summed E-state index contributed by atoms with van der Waals surface area (Å²) in [5, 5.41) is 0.351. The van der Waals surface area contributed by atoms with E-state index in [1.165, 1.54) is 0 Å². The summed E-state index contributed by atoms with van der Waals surface area (Å²) in [6.45, 7) is 7.51. The minimum Gasteiger partial charge on any atom is -0.211 e. The summed E-state index contributed by atoms with van der Waals surface area (Å²) in [5.74, 6) is 0.0768. The van der Waals surface area contributed by atoms with Crippen molar-refractivity contribution in [2.45, 2.75) is 33.1 Å². The van der Waals surface area contributed by atoms with Gasteiger partial charge >= 0.3 is 0 Å². The van der Waals surface area contributed by atoms with Crippen LogP contribution in [-0.2, 0) is 0 Å². The second kappa shape index (κ2) is 6.24. The van der Waals surface area contributed by atoms with Crippen molar-refractivity contribution in [3.05, 3.63) is 23.5 Å². The van der Waals surface area contributed by atoms with Crippen LogP contribution in [0.3, 0.4) is 0 Å². The highest BCUT2D eigenvalue weighted by Gasteiger charge is 2.05. The van der Waals surface area contributed by atoms with Gasteiger partial charge in [0.2, 0.25) is 0 Å². The van der Waals surface area contributed by atoms with Crippen LogP contribution in [0.25, 0.3) is 0 Å². The van der Waals surface area contributed by atoms with Crippen LogP contribution in [0.2, 0.25) is 0 Å². The number of allylic oxidation sites excluding steroid dienone is 3. The molecule has 0 aliphatic heterocycles. The molecule has 0 saturated heterocycles. The highest BCUT2D eigenvalue weighted by molar-refractivity contribution is 6.29. The van der Waals surface area contributed by atoms with Gasteiger partial charge in [0.05, 0.1) is 5.03 Å². The Balaban J connectivity index is 4.06. The van der Waals surface area contributed by atoms with Gasteiger partial charge in [0.15, 0.2) is 0 Å². The van der Waals surface area contributed by atoms with Crippen LogP contribution in [0.5, 0.6) is 0 Å². The van der Waals surface area contributed by atoms with Gasteiger partial charge in [-0.05, 0) is 18.8 Å². The van der Waals surface area contributed by atoms with Gasteiger partial charge in [-0.2, -0.15) is 0 Å². The van der Waals surface area contributed by atoms with E-state index in [-0.39, 0.29) is 11.7 Å². The molecule has 0 aromatic heterocycles. The van der Waals surface area contributed by atoms with E-state index in [4.69, 9.17) is 11.6 Å². The molecule has 0 rings (SSSR count). The van der Waals surface area contributed by atoms with Crippen molar-refractivity contribution in [2.24, 2.45) is 5.92 Å². The Bertz CT molecular complexity index is 173. The van der Waals surface area contributed by atoms with E-state index < -0.39 is 0 Å². The van der Waals surface area contributed by atoms with Crippen LogP contribution in [0.1, 0.15) is 33.1 Å². The Morgan fingerprint density at radius 3 is 2.67 bits per heavy atom. The van der Waals surface area contributed by atoms with Crippen LogP contribution >= 0.6 is 11.6 Å². The van der Waals surface area contributed by atoms with Crippen LogP contribution in [0.4, 0.5) is 4.39 Å². The van der Waals surface area contributed by atoms with E-state index in [0.717, 1.165) is 6.42 Å². The highest BCUT2D eigenvalue weighted by atomic mass is 35.5. The molecule has 1 atom stereocenters. The Labute approximate surface area is 79.1 Å². The molecule has 0 N–H and O–H groups in total. The van der Waals surface area contributed by atoms with Gasteiger partial charge in [-0.15, -0.1) is 6.58 Å². The molecule has 0 radical (unpaired) electrons. The summed E-state index contributed by atoms with van der Waals surface area (Å²) in [5.41, 5.74) is 0. The Morgan fingerprint density at radius 1 is 1.67 bits per heavy atom. The van der Waals surface area contributed by atoms with E-state index in [1.54, 1.807) is 6.08 Å². The molecule has 2 heteroatoms. The van der Waals surface area contributed by atoms with Crippen molar-refractivity contribution < 1.29 is 4.39 Å². The smallest absolute Gasteiger partial charge is 0.114 e. The monoisotopic (exact) mass is 190 g/mol. The standard InChI is InChI=1S/C10H16ClF/c1-4-6-10(12)9(11)7-8(3)5-2/h5,8H,2,4,6-7H2,1,3H3. The van der Waals surface area contributed by atoms with Crippen LogP contribution in [-0.4, -0.2) is 0 Å². The largest absolute Gasteiger partial charge is 0.211 e. The topological polar surface area (TPSA) is 0 Å². The first-order chi connectivity index (χ1) is 5.61. The first-order valence-electron chi connectivity index (χ1n) is 4.27. The molecular formula is C10H16ClF. The molecule has 0 fully saturated rings. The lowest BCUT2D eigenvalue weighted by atomic mass is 10.1. The molecule has 12 heavy (non-hydrogen) atoms. The third-order valence-electron chi connectivity index (χ3n) is 1.67. The lowest BCUT2D eigenvalue weighted by Gasteiger charge is -2.05. The summed E-state index contributed by atoms with van der Waals surface area (Å²) < 4.78 is 13.0. The zero-order chi connectivity index (χ0) is 9.56. The fourth-order valence-corrected chi connectivity index (χ4v) is 1.17. The van der Waals surface area contributed by atoms with Gasteiger partial charge < -0.3 is 0 Å². The first kappa shape index (κ1) is 11.7. The number of hydrogen-bond donors (Lipinski definition) is 0. The Morgan fingerprint density at radius 2 is 2.25 bits per heavy atom. The molecule has 0 nitrogen and oxygen atoms in total. The maximum Gasteiger partial charge on any atom is 0.114 e. The molecule has 0 aliphatic carbocycles. The van der Waals surface area contributed by atoms with Crippen molar-refractivity contribution in [2.75, 3.05) is 0 Å². The van der Waals surface area contributed by atoms with Gasteiger partial charge in [0, 0.05) is 6.42 Å². The van der Waals surface area contributed by atoms with Gasteiger partial charge in [0.25, 0.3) is 0 Å². The molecule has 0 aromatic rings. The lowest BCUT2D eigenvalue weighted by molar-refractivity contribution is 0.566. The van der Waals surface area contributed by atoms with Crippen LogP contribution in [0, 0.1) is 5.92 Å². The van der Waals surface area contributed by atoms with E-state index in [0.29, 0.717) is 17.9 Å². The molecule has 0 saturated carbocycles. The Hall–Kier alpha value is -0.300. The van der Waals surface area contributed by atoms with Crippen LogP contribution < -0.4 is 0 Å². The SMILES string of the molecule is C=CC(C)CC(Cl)=C(F)CCC. The van der Waals surface area contributed by atoms with Crippen molar-refractivity contribution in [3.8, 4) is 0 Å². The van der Waals surface area contributed by atoms with Crippen molar-refractivity contribution in [3.63, 3.8) is 0 Å². The first-order valence-corrected chi connectivity index (χ1v) is 4.65. The van der Waals surface area contributed by atoms with E-state index in [1.807, 2.05) is 13.8 Å². The number of hydrogen-bond acceptors (Lipinski definition) is 0. The quantitative estimate of drug-likeness (QED) is 0.563. The molecule has 0 amide bonds. The Kier molecular flexibility index (Phi) is 6.09. The van der Waals surface area contributed by atoms with Crippen LogP contribution in [0.15, 0.2) is 23.5 Å². The van der Waals surface area contributed by atoms with Crippen molar-refractivity contribution in [1.82, 2.24) is 0 Å². The zero-order valence-electron chi connectivity index (χ0n) is 7.74. The molecular weight excluding hydrogens is 175 g/mol. The van der Waals surface area contributed by atoms with Crippen molar-refractivity contribution in [1.29, 1.82) is 0 Å². The average Bonchev–Trinajstić information content (AvgIpc) is 2.04. The molecule has 0 aliphatic rings. The van der Waals surface area contributed by atoms with Gasteiger partial charge in [-0.1, -0.05) is 31.5 Å². The van der Waals surface area contributed by atoms with E-state index in [2.05, 4.69) is 6.58 Å². The summed E-state index contributed by atoms with van der Waals surface area (Å²) >= 11 is 5.74. The summed E-state index contributed by atoms with van der Waals surface area (Å²) in [7, 11) is 0. The normalized spacial score (nSPS) is 15.3. The molecule has 0 spiro atoms. The summed E-state index contributed by atoms with van der Waals surface area (Å²) in [6.07, 6.45) is 3.59. The minimum atomic E-state index is -0.173. The summed E-state index contributed by atoms with van der Waals surface area (Å²) in [6, 6.07) is 0. The predicted octanol–water partition coefficient (Wildman–Crippen LogP) is 4.42. The number of halogens is 2. The fourth-order valence-electron chi connectivity index (χ4n) is 0.832. The van der Waals surface area contributed by atoms with Gasteiger partial charge in [-0.25, -0.2) is 4.39 Å². The maximum absolute atomic E-state index is 13.0. The lowest BCUT2D eigenvalue weighted by Crippen LogP contribution is -1.90. The van der Waals surface area contributed by atoms with E-state index in [9.17, 15) is 4.39 Å². The third kappa shape index (κ3) is 4.55. The molecule has 70 valence electrons. The minimum absolute atomic E-state index is 0.173. The van der Waals surface area contributed by atoms with Crippen molar-refractivity contribution >= 4 is 11.6 Å². The third-order valence-corrected chi connectivity index (χ3v) is 2.03. The fraction of sp³-hybridized carbons (Fsp3) is 0.600. The molecule has 0 bridgehead atoms. The zero-order valence-corrected chi connectivity index (χ0v) is 8.49.